The van der Waals surface area contributed by atoms with Gasteiger partial charge in [-0.25, -0.2) is 0 Å². The van der Waals surface area contributed by atoms with Gasteiger partial charge >= 0.3 is 0 Å². The minimum atomic E-state index is 0.152. The molecule has 0 heterocycles. The lowest BCUT2D eigenvalue weighted by Gasteiger charge is -2.16. The highest BCUT2D eigenvalue weighted by Crippen LogP contribution is 2.28. The summed E-state index contributed by atoms with van der Waals surface area (Å²) >= 11 is 3.53. The summed E-state index contributed by atoms with van der Waals surface area (Å²) < 4.78 is 6.26. The molecule has 1 aromatic rings. The van der Waals surface area contributed by atoms with Gasteiger partial charge in [0, 0.05) is 4.47 Å². The molecule has 0 bridgehead atoms. The summed E-state index contributed by atoms with van der Waals surface area (Å²) in [6, 6.07) is 6.08. The first-order valence-corrected chi connectivity index (χ1v) is 5.71. The molecule has 82 valence electrons. The first kappa shape index (κ1) is 12.3. The van der Waals surface area contributed by atoms with E-state index >= 15 is 0 Å². The van der Waals surface area contributed by atoms with Crippen LogP contribution in [0.4, 0.5) is 0 Å². The lowest BCUT2D eigenvalue weighted by molar-refractivity contribution is 0.413. The van der Waals surface area contributed by atoms with Gasteiger partial charge in [-0.15, -0.1) is 6.58 Å². The summed E-state index contributed by atoms with van der Waals surface area (Å²) in [5, 5.41) is 3.34. The zero-order chi connectivity index (χ0) is 11.3. The van der Waals surface area contributed by atoms with Gasteiger partial charge in [-0.3, -0.25) is 0 Å². The van der Waals surface area contributed by atoms with Gasteiger partial charge in [-0.1, -0.05) is 28.9 Å². The Balaban J connectivity index is 3.03. The minimum absolute atomic E-state index is 0.152. The highest BCUT2D eigenvalue weighted by atomic mass is 79.9. The molecule has 1 aromatic carbocycles. The van der Waals surface area contributed by atoms with Crippen LogP contribution in [0.25, 0.3) is 0 Å². The molecule has 0 aliphatic carbocycles. The molecule has 0 saturated carbocycles. The topological polar surface area (TPSA) is 21.3 Å². The molecule has 0 spiro atoms. The third kappa shape index (κ3) is 3.08. The molecular formula is C12H16BrNO. The molecule has 0 aliphatic rings. The van der Waals surface area contributed by atoms with E-state index < -0.39 is 0 Å². The van der Waals surface area contributed by atoms with Gasteiger partial charge in [-0.2, -0.15) is 0 Å². The summed E-state index contributed by atoms with van der Waals surface area (Å²) in [6.07, 6.45) is 1.89. The largest absolute Gasteiger partial charge is 0.497 e. The maximum absolute atomic E-state index is 5.20. The summed E-state index contributed by atoms with van der Waals surface area (Å²) in [5.41, 5.74) is 1.14. The molecule has 3 heteroatoms. The quantitative estimate of drug-likeness (QED) is 0.829. The Bertz CT molecular complexity index is 338. The van der Waals surface area contributed by atoms with E-state index in [2.05, 4.69) is 34.7 Å². The predicted molar refractivity (Wildman–Crippen MR) is 67.3 cm³/mol. The number of hydrogen-bond acceptors (Lipinski definition) is 2. The number of halogens is 1. The molecule has 2 nitrogen and oxygen atoms in total. The summed E-state index contributed by atoms with van der Waals surface area (Å²) in [6.45, 7) is 6.81. The molecular weight excluding hydrogens is 254 g/mol. The van der Waals surface area contributed by atoms with Gasteiger partial charge in [0.25, 0.3) is 0 Å². The number of hydrogen-bond donors (Lipinski definition) is 1. The molecule has 15 heavy (non-hydrogen) atoms. The van der Waals surface area contributed by atoms with Crippen LogP contribution in [-0.4, -0.2) is 13.7 Å². The highest BCUT2D eigenvalue weighted by Gasteiger charge is 2.10. The molecule has 0 radical (unpaired) electrons. The zero-order valence-electron chi connectivity index (χ0n) is 9.09. The third-order valence-electron chi connectivity index (χ3n) is 2.20. The van der Waals surface area contributed by atoms with E-state index in [9.17, 15) is 0 Å². The van der Waals surface area contributed by atoms with E-state index in [1.807, 2.05) is 24.3 Å². The standard InChI is InChI=1S/C12H16BrNO/c1-4-12(14-5-2)10-8-9(15-3)6-7-11(10)13/h4,6-8,12,14H,1,5H2,2-3H3. The van der Waals surface area contributed by atoms with E-state index in [4.69, 9.17) is 4.74 Å². The smallest absolute Gasteiger partial charge is 0.119 e. The maximum Gasteiger partial charge on any atom is 0.119 e. The number of rotatable bonds is 5. The van der Waals surface area contributed by atoms with Crippen molar-refractivity contribution in [1.29, 1.82) is 0 Å². The van der Waals surface area contributed by atoms with Crippen molar-refractivity contribution in [2.75, 3.05) is 13.7 Å². The van der Waals surface area contributed by atoms with Crippen molar-refractivity contribution in [1.82, 2.24) is 5.32 Å². The van der Waals surface area contributed by atoms with E-state index in [1.165, 1.54) is 0 Å². The minimum Gasteiger partial charge on any atom is -0.497 e. The lowest BCUT2D eigenvalue weighted by atomic mass is 10.1. The highest BCUT2D eigenvalue weighted by molar-refractivity contribution is 9.10. The Morgan fingerprint density at radius 2 is 2.33 bits per heavy atom. The molecule has 0 aliphatic heterocycles. The Hall–Kier alpha value is -0.800. The average Bonchev–Trinajstić information content (AvgIpc) is 2.27. The molecule has 1 unspecified atom stereocenters. The van der Waals surface area contributed by atoms with Crippen LogP contribution in [0.2, 0.25) is 0 Å². The predicted octanol–water partition coefficient (Wildman–Crippen LogP) is 3.29. The Labute approximate surface area is 99.5 Å². The van der Waals surface area contributed by atoms with Gasteiger partial charge < -0.3 is 10.1 Å². The first-order chi connectivity index (χ1) is 7.22. The number of nitrogens with one attached hydrogen (secondary N) is 1. The fourth-order valence-electron chi connectivity index (χ4n) is 1.43. The summed E-state index contributed by atoms with van der Waals surface area (Å²) in [7, 11) is 1.67. The Morgan fingerprint density at radius 3 is 2.87 bits per heavy atom. The molecule has 0 amide bonds. The molecule has 1 N–H and O–H groups in total. The number of methoxy groups -OCH3 is 1. The van der Waals surface area contributed by atoms with Crippen molar-refractivity contribution in [2.24, 2.45) is 0 Å². The van der Waals surface area contributed by atoms with Crippen LogP contribution in [0.1, 0.15) is 18.5 Å². The van der Waals surface area contributed by atoms with Crippen LogP contribution in [-0.2, 0) is 0 Å². The van der Waals surface area contributed by atoms with Crippen LogP contribution in [0.5, 0.6) is 5.75 Å². The fourth-order valence-corrected chi connectivity index (χ4v) is 1.92. The third-order valence-corrected chi connectivity index (χ3v) is 2.92. The van der Waals surface area contributed by atoms with Crippen molar-refractivity contribution in [3.63, 3.8) is 0 Å². The van der Waals surface area contributed by atoms with Crippen LogP contribution in [0.15, 0.2) is 35.3 Å². The second kappa shape index (κ2) is 5.93. The summed E-state index contributed by atoms with van der Waals surface area (Å²) in [4.78, 5) is 0. The van der Waals surface area contributed by atoms with Crippen LogP contribution in [0, 0.1) is 0 Å². The Morgan fingerprint density at radius 1 is 1.60 bits per heavy atom. The van der Waals surface area contributed by atoms with Crippen LogP contribution >= 0.6 is 15.9 Å². The van der Waals surface area contributed by atoms with Crippen LogP contribution in [0.3, 0.4) is 0 Å². The maximum atomic E-state index is 5.20. The SMILES string of the molecule is C=CC(NCC)c1cc(OC)ccc1Br. The van der Waals surface area contributed by atoms with Gasteiger partial charge in [-0.05, 0) is 30.3 Å². The van der Waals surface area contributed by atoms with Gasteiger partial charge in [0.1, 0.15) is 5.75 Å². The molecule has 0 saturated heterocycles. The average molecular weight is 270 g/mol. The molecule has 1 atom stereocenters. The van der Waals surface area contributed by atoms with Crippen molar-refractivity contribution in [3.8, 4) is 5.75 Å². The van der Waals surface area contributed by atoms with Crippen molar-refractivity contribution < 1.29 is 4.74 Å². The fraction of sp³-hybridized carbons (Fsp3) is 0.333. The van der Waals surface area contributed by atoms with Crippen LogP contribution < -0.4 is 10.1 Å². The number of ether oxygens (including phenoxy) is 1. The van der Waals surface area contributed by atoms with Gasteiger partial charge in [0.05, 0.1) is 13.2 Å². The Kier molecular flexibility index (Phi) is 4.85. The lowest BCUT2D eigenvalue weighted by Crippen LogP contribution is -2.19. The number of benzene rings is 1. The summed E-state index contributed by atoms with van der Waals surface area (Å²) in [5.74, 6) is 0.859. The second-order valence-electron chi connectivity index (χ2n) is 3.16. The van der Waals surface area contributed by atoms with Gasteiger partial charge in [0.15, 0.2) is 0 Å². The normalized spacial score (nSPS) is 12.2. The van der Waals surface area contributed by atoms with E-state index in [-0.39, 0.29) is 6.04 Å². The van der Waals surface area contributed by atoms with Gasteiger partial charge in [0.2, 0.25) is 0 Å². The number of likely N-dealkylation sites (N-methyl/N-ethyl adjacent to an activating group) is 1. The van der Waals surface area contributed by atoms with E-state index in [0.29, 0.717) is 0 Å². The van der Waals surface area contributed by atoms with E-state index in [1.54, 1.807) is 7.11 Å². The van der Waals surface area contributed by atoms with Crippen molar-refractivity contribution in [2.45, 2.75) is 13.0 Å². The first-order valence-electron chi connectivity index (χ1n) is 4.92. The second-order valence-corrected chi connectivity index (χ2v) is 4.01. The molecule has 0 fully saturated rings. The van der Waals surface area contributed by atoms with E-state index in [0.717, 1.165) is 22.3 Å². The zero-order valence-corrected chi connectivity index (χ0v) is 10.7. The molecule has 0 aromatic heterocycles. The van der Waals surface area contributed by atoms with Crippen molar-refractivity contribution in [3.05, 3.63) is 40.9 Å². The van der Waals surface area contributed by atoms with Crippen molar-refractivity contribution >= 4 is 15.9 Å². The molecule has 1 rings (SSSR count). The monoisotopic (exact) mass is 269 g/mol.